The maximum absolute atomic E-state index is 16.0. The number of benzene rings is 6. The Bertz CT molecular complexity index is 4580. The van der Waals surface area contributed by atoms with Gasteiger partial charge in [-0.25, -0.2) is 49.5 Å². The van der Waals surface area contributed by atoms with Crippen molar-refractivity contribution in [3.8, 4) is 0 Å². The molecule has 6 aromatic carbocycles. The van der Waals surface area contributed by atoms with Crippen LogP contribution in [0.3, 0.4) is 0 Å². The Morgan fingerprint density at radius 3 is 1.08 bits per heavy atom. The molecule has 0 saturated heterocycles. The zero-order valence-electron chi connectivity index (χ0n) is 57.7. The lowest BCUT2D eigenvalue weighted by Crippen LogP contribution is -2.49. The van der Waals surface area contributed by atoms with Crippen molar-refractivity contribution < 1.29 is 64.8 Å². The summed E-state index contributed by atoms with van der Waals surface area (Å²) in [5, 5.41) is 26.6. The summed E-state index contributed by atoms with van der Waals surface area (Å²) in [6.45, 7) is 6.91. The molecule has 6 atom stereocenters. The lowest BCUT2D eigenvalue weighted by Gasteiger charge is -2.46. The molecule has 18 heteroatoms. The fraction of sp³-hybridized carbons (Fsp3) is 0.341. The van der Waals surface area contributed by atoms with Gasteiger partial charge in [0.25, 0.3) is 0 Å². The molecule has 3 aliphatic heterocycles. The Labute approximate surface area is 594 Å². The molecule has 4 heterocycles. The molecule has 2 saturated carbocycles. The van der Waals surface area contributed by atoms with Gasteiger partial charge in [-0.3, -0.25) is 19.7 Å². The van der Waals surface area contributed by atoms with Gasteiger partial charge in [0, 0.05) is 85.1 Å². The Hall–Kier alpha value is -9.36. The number of alkyl halides is 2. The molecule has 1 aromatic heterocycles. The van der Waals surface area contributed by atoms with Gasteiger partial charge in [0.05, 0.1) is 18.1 Å². The summed E-state index contributed by atoms with van der Waals surface area (Å²) in [6.07, 6.45) is 19.9. The van der Waals surface area contributed by atoms with E-state index in [1.54, 1.807) is 12.4 Å². The molecule has 0 spiro atoms. The van der Waals surface area contributed by atoms with Gasteiger partial charge in [-0.05, 0) is 235 Å². The monoisotopic (exact) mass is 1410 g/mol. The number of halogens is 8. The fourth-order valence-corrected chi connectivity index (χ4v) is 17.5. The second-order valence-electron chi connectivity index (χ2n) is 29.0. The summed E-state index contributed by atoms with van der Waals surface area (Å²) in [5.74, 6) is -7.87. The van der Waals surface area contributed by atoms with Gasteiger partial charge in [-0.2, -0.15) is 0 Å². The number of pyridine rings is 1. The van der Waals surface area contributed by atoms with E-state index in [-0.39, 0.29) is 64.6 Å². The minimum atomic E-state index is -1.37. The minimum absolute atomic E-state index is 0.00298. The average Bonchev–Trinajstić information content (AvgIpc) is 1.66. The number of aliphatic carboxylic acids is 3. The Kier molecular flexibility index (Phi) is 21.1. The zero-order valence-corrected chi connectivity index (χ0v) is 57.7. The highest BCUT2D eigenvalue weighted by Gasteiger charge is 2.48. The lowest BCUT2D eigenvalue weighted by molar-refractivity contribution is -0.132. The largest absolute Gasteiger partial charge is 0.478 e. The third kappa shape index (κ3) is 15.2. The van der Waals surface area contributed by atoms with Crippen molar-refractivity contribution >= 4 is 52.9 Å². The molecule has 5 aliphatic carbocycles. The molecule has 3 N–H and O–H groups in total. The summed E-state index contributed by atoms with van der Waals surface area (Å²) < 4.78 is 125. The minimum Gasteiger partial charge on any atom is -0.478 e. The zero-order chi connectivity index (χ0) is 72.6. The number of carboxylic acid groups (broad SMARTS) is 3. The van der Waals surface area contributed by atoms with E-state index in [1.807, 2.05) is 84.3 Å². The van der Waals surface area contributed by atoms with E-state index < -0.39 is 82.3 Å². The Morgan fingerprint density at radius 1 is 0.447 bits per heavy atom. The highest BCUT2D eigenvalue weighted by Crippen LogP contribution is 2.55. The summed E-state index contributed by atoms with van der Waals surface area (Å²) in [4.78, 5) is 42.9. The van der Waals surface area contributed by atoms with Crippen LogP contribution < -0.4 is 0 Å². The summed E-state index contributed by atoms with van der Waals surface area (Å²) >= 11 is 0. The predicted octanol–water partition coefficient (Wildman–Crippen LogP) is 19.2. The number of carboxylic acids is 3. The van der Waals surface area contributed by atoms with Gasteiger partial charge < -0.3 is 15.3 Å². The van der Waals surface area contributed by atoms with Crippen molar-refractivity contribution in [1.29, 1.82) is 0 Å². The van der Waals surface area contributed by atoms with E-state index in [2.05, 4.69) is 41.1 Å². The van der Waals surface area contributed by atoms with E-state index in [0.29, 0.717) is 64.3 Å². The fourth-order valence-electron chi connectivity index (χ4n) is 17.5. The molecule has 15 rings (SSSR count). The van der Waals surface area contributed by atoms with E-state index >= 15 is 35.1 Å². The maximum Gasteiger partial charge on any atom is 0.328 e. The van der Waals surface area contributed by atoms with Crippen molar-refractivity contribution in [2.45, 2.75) is 171 Å². The standard InChI is InChI=1S/C29H30F3NO2.C28H28F3NO2.C28H24F2N2O2/c1-18-13-22-21-8-4-3-7-20(21)16-23(22)28(33(18)17-29(32)11-5-2-6-12-29)27-24(30)14-19(15-25(27)31)9-10-26(34)35;1-17-12-21-20-7-3-2-6-19(20)15-22(21)27(32(17)16-28(31)10-4-5-11-28)26-23(29)13-18(14-24(26)30)8-9-25(33)34;1-17-11-22-21-7-3-2-6-20(21)14-23(22)28(32(17)16-19-5-4-10-31-15-19)27-24(29)12-18(13-25(27)30)8-9-26(33)34/h3-4,7-10,14-15,18,28H,2,5-6,11-13,16-17H2,1H3,(H,34,35);2-3,6-9,13-14,17,27H,4-5,10-12,15-16H2,1H3,(H,33,34);2-10,12-13,15,17,28H,11,14,16H2,1H3,(H,33,34)/b10-9+;2*9-8+/t18-,28+;17-,27+;17-,28+/m111/s1. The van der Waals surface area contributed by atoms with Crippen molar-refractivity contribution in [1.82, 2.24) is 19.7 Å². The number of nitrogens with zero attached hydrogens (tertiary/aromatic N) is 4. The second kappa shape index (κ2) is 30.1. The van der Waals surface area contributed by atoms with Crippen LogP contribution in [0.2, 0.25) is 0 Å². The number of hydrogen-bond acceptors (Lipinski definition) is 7. The van der Waals surface area contributed by atoms with Gasteiger partial charge in [0.2, 0.25) is 0 Å². The number of rotatable bonds is 15. The van der Waals surface area contributed by atoms with Crippen LogP contribution in [0.4, 0.5) is 35.1 Å². The highest BCUT2D eigenvalue weighted by molar-refractivity contribution is 5.87. The van der Waals surface area contributed by atoms with E-state index in [0.717, 1.165) is 118 Å². The third-order valence-electron chi connectivity index (χ3n) is 22.2. The van der Waals surface area contributed by atoms with Gasteiger partial charge in [-0.15, -0.1) is 0 Å². The third-order valence-corrected chi connectivity index (χ3v) is 22.2. The second-order valence-corrected chi connectivity index (χ2v) is 29.0. The summed E-state index contributed by atoms with van der Waals surface area (Å²) in [7, 11) is 0. The van der Waals surface area contributed by atoms with Crippen molar-refractivity contribution in [2.24, 2.45) is 0 Å². The number of carbonyl (C=O) groups is 3. The molecule has 0 unspecified atom stereocenters. The smallest absolute Gasteiger partial charge is 0.328 e. The molecule has 0 bridgehead atoms. The molecule has 534 valence electrons. The van der Waals surface area contributed by atoms with Crippen LogP contribution in [0, 0.1) is 34.9 Å². The molecule has 2 fully saturated rings. The first-order valence-electron chi connectivity index (χ1n) is 35.6. The molecule has 8 aliphatic rings. The first-order chi connectivity index (χ1) is 49.4. The quantitative estimate of drug-likeness (QED) is 0.0673. The SMILES string of the molecule is C[C@@H]1CC2=C(Cc3ccccc32)[C@@H](c2c(F)cc(/C=C/C(=O)O)cc2F)N1CC1(F)CCCC1.C[C@@H]1CC2=C(Cc3ccccc32)[C@@H](c2c(F)cc(/C=C/C(=O)O)cc2F)N1CC1(F)CCCCC1.C[C@@H]1CC2=C(Cc3ccccc32)[C@@H](c2c(F)cc(/C=C/C(=O)O)cc2F)N1Cc1cccnc1. The Balaban J connectivity index is 0.000000138. The van der Waals surface area contributed by atoms with Crippen LogP contribution in [-0.4, -0.2) is 95.5 Å². The number of hydrogen-bond donors (Lipinski definition) is 3. The summed E-state index contributed by atoms with van der Waals surface area (Å²) in [6, 6.07) is 33.0. The molecule has 10 nitrogen and oxygen atoms in total. The number of aromatic nitrogens is 1. The van der Waals surface area contributed by atoms with E-state index in [9.17, 15) is 14.4 Å². The lowest BCUT2D eigenvalue weighted by atomic mass is 9.81. The van der Waals surface area contributed by atoms with Gasteiger partial charge >= 0.3 is 17.9 Å². The van der Waals surface area contributed by atoms with Crippen LogP contribution >= 0.6 is 0 Å². The van der Waals surface area contributed by atoms with Crippen LogP contribution in [0.15, 0.2) is 169 Å². The first-order valence-corrected chi connectivity index (χ1v) is 35.6. The molecule has 0 amide bonds. The van der Waals surface area contributed by atoms with Crippen molar-refractivity contribution in [3.05, 3.63) is 276 Å². The molecule has 0 radical (unpaired) electrons. The van der Waals surface area contributed by atoms with E-state index in [4.69, 9.17) is 15.3 Å². The first kappa shape index (κ1) is 72.0. The number of fused-ring (bicyclic) bond motifs is 6. The molecular weight excluding hydrogens is 1320 g/mol. The van der Waals surface area contributed by atoms with Crippen molar-refractivity contribution in [3.63, 3.8) is 0 Å². The van der Waals surface area contributed by atoms with Crippen LogP contribution in [-0.2, 0) is 40.2 Å². The van der Waals surface area contributed by atoms with Crippen LogP contribution in [0.25, 0.3) is 34.9 Å². The molecule has 103 heavy (non-hydrogen) atoms. The molecular formula is C85H82F8N4O6. The van der Waals surface area contributed by atoms with E-state index in [1.165, 1.54) is 65.8 Å². The summed E-state index contributed by atoms with van der Waals surface area (Å²) in [5.41, 5.74) is 11.7. The maximum atomic E-state index is 16.0. The van der Waals surface area contributed by atoms with Crippen LogP contribution in [0.1, 0.15) is 188 Å². The topological polar surface area (TPSA) is 135 Å². The molecule has 7 aromatic rings. The van der Waals surface area contributed by atoms with Gasteiger partial charge in [-0.1, -0.05) is 111 Å². The normalized spacial score (nSPS) is 22.7. The van der Waals surface area contributed by atoms with Gasteiger partial charge in [0.1, 0.15) is 46.2 Å². The highest BCUT2D eigenvalue weighted by atomic mass is 19.2. The van der Waals surface area contributed by atoms with Gasteiger partial charge in [0.15, 0.2) is 0 Å². The predicted molar refractivity (Wildman–Crippen MR) is 383 cm³/mol. The Morgan fingerprint density at radius 2 is 0.757 bits per heavy atom. The van der Waals surface area contributed by atoms with Crippen LogP contribution in [0.5, 0.6) is 0 Å². The van der Waals surface area contributed by atoms with Crippen molar-refractivity contribution in [2.75, 3.05) is 13.1 Å². The average molecular weight is 1410 g/mol.